The molecule has 5 nitrogen and oxygen atoms in total. The van der Waals surface area contributed by atoms with E-state index < -0.39 is 4.92 Å². The second-order valence-electron chi connectivity index (χ2n) is 8.25. The topological polar surface area (TPSA) is 72.2 Å². The molecule has 1 aliphatic rings. The highest BCUT2D eigenvalue weighted by atomic mass is 16.6. The van der Waals surface area contributed by atoms with E-state index in [4.69, 9.17) is 0 Å². The van der Waals surface area contributed by atoms with Gasteiger partial charge in [0.15, 0.2) is 5.78 Å². The van der Waals surface area contributed by atoms with Gasteiger partial charge in [0.1, 0.15) is 0 Å². The van der Waals surface area contributed by atoms with E-state index in [0.29, 0.717) is 17.6 Å². The van der Waals surface area contributed by atoms with Crippen LogP contribution >= 0.6 is 0 Å². The Morgan fingerprint density at radius 2 is 1.74 bits per heavy atom. The molecule has 0 saturated carbocycles. The van der Waals surface area contributed by atoms with Crippen molar-refractivity contribution in [3.05, 3.63) is 129 Å². The smallest absolute Gasteiger partial charge is 0.269 e. The van der Waals surface area contributed by atoms with E-state index in [-0.39, 0.29) is 17.5 Å². The number of non-ortho nitro benzene ring substituents is 1. The average molecular weight is 451 g/mol. The number of nitro groups is 1. The Labute approximate surface area is 199 Å². The normalized spacial score (nSPS) is 13.3. The summed E-state index contributed by atoms with van der Waals surface area (Å²) in [4.78, 5) is 23.4. The summed E-state index contributed by atoms with van der Waals surface area (Å²) in [7, 11) is 0. The zero-order chi connectivity index (χ0) is 24.1. The molecule has 0 aliphatic heterocycles. The summed E-state index contributed by atoms with van der Waals surface area (Å²) in [5.41, 5.74) is 6.08. The molecule has 0 bridgehead atoms. The minimum absolute atomic E-state index is 0.0319. The molecule has 170 valence electrons. The first kappa shape index (κ1) is 22.9. The van der Waals surface area contributed by atoms with Crippen molar-refractivity contribution in [2.45, 2.75) is 25.8 Å². The van der Waals surface area contributed by atoms with Gasteiger partial charge in [-0.15, -0.1) is 0 Å². The van der Waals surface area contributed by atoms with Crippen LogP contribution in [0.4, 0.5) is 5.69 Å². The number of nitrogens with zero attached hydrogens (tertiary/aromatic N) is 1. The Hall–Kier alpha value is -4.25. The van der Waals surface area contributed by atoms with Gasteiger partial charge in [-0.25, -0.2) is 0 Å². The molecule has 5 heteroatoms. The lowest BCUT2D eigenvalue weighted by Gasteiger charge is -2.21. The van der Waals surface area contributed by atoms with Crippen molar-refractivity contribution >= 4 is 29.3 Å². The van der Waals surface area contributed by atoms with Gasteiger partial charge in [-0.3, -0.25) is 14.9 Å². The largest absolute Gasteiger partial charge is 0.378 e. The zero-order valence-electron chi connectivity index (χ0n) is 19.0. The molecule has 0 fully saturated rings. The average Bonchev–Trinajstić information content (AvgIpc) is 3.09. The second kappa shape index (κ2) is 10.1. The molecule has 1 atom stereocenters. The highest BCUT2D eigenvalue weighted by Crippen LogP contribution is 2.28. The summed E-state index contributed by atoms with van der Waals surface area (Å²) in [6.45, 7) is 6.41. The number of fused-ring (bicyclic) bond motifs is 1. The van der Waals surface area contributed by atoms with Gasteiger partial charge in [-0.1, -0.05) is 68.1 Å². The molecule has 0 aromatic heterocycles. The monoisotopic (exact) mass is 450 g/mol. The quantitative estimate of drug-likeness (QED) is 0.228. The molecule has 1 unspecified atom stereocenters. The highest BCUT2D eigenvalue weighted by molar-refractivity contribution is 6.12. The fourth-order valence-electron chi connectivity index (χ4n) is 4.08. The minimum atomic E-state index is -0.471. The predicted octanol–water partition coefficient (Wildman–Crippen LogP) is 6.99. The molecule has 1 N–H and O–H groups in total. The van der Waals surface area contributed by atoms with E-state index >= 15 is 0 Å². The van der Waals surface area contributed by atoms with E-state index in [9.17, 15) is 14.9 Å². The van der Waals surface area contributed by atoms with Gasteiger partial charge in [0.25, 0.3) is 5.69 Å². The lowest BCUT2D eigenvalue weighted by atomic mass is 9.97. The van der Waals surface area contributed by atoms with Crippen molar-refractivity contribution in [3.8, 4) is 0 Å². The van der Waals surface area contributed by atoms with Gasteiger partial charge in [-0.2, -0.15) is 0 Å². The van der Waals surface area contributed by atoms with Crippen molar-refractivity contribution in [2.24, 2.45) is 0 Å². The molecule has 0 amide bonds. The van der Waals surface area contributed by atoms with Crippen LogP contribution in [0.15, 0.2) is 91.0 Å². The number of carbonyl (C=O) groups is 1. The van der Waals surface area contributed by atoms with Gasteiger partial charge in [-0.05, 0) is 59.4 Å². The first-order chi connectivity index (χ1) is 16.5. The third-order valence-electron chi connectivity index (χ3n) is 5.99. The molecular formula is C29H26N2O3. The van der Waals surface area contributed by atoms with E-state index in [1.807, 2.05) is 48.6 Å². The van der Waals surface area contributed by atoms with E-state index in [0.717, 1.165) is 28.8 Å². The van der Waals surface area contributed by atoms with Gasteiger partial charge in [0.05, 0.1) is 11.0 Å². The maximum atomic E-state index is 13.0. The molecule has 0 spiro atoms. The van der Waals surface area contributed by atoms with Crippen molar-refractivity contribution in [1.82, 2.24) is 5.32 Å². The summed E-state index contributed by atoms with van der Waals surface area (Å²) in [6, 6.07) is 22.3. The molecule has 34 heavy (non-hydrogen) atoms. The van der Waals surface area contributed by atoms with Crippen LogP contribution in [-0.2, 0) is 0 Å². The van der Waals surface area contributed by atoms with Crippen LogP contribution in [0.25, 0.3) is 17.8 Å². The number of rotatable bonds is 8. The zero-order valence-corrected chi connectivity index (χ0v) is 19.0. The lowest BCUT2D eigenvalue weighted by Crippen LogP contribution is -2.18. The van der Waals surface area contributed by atoms with Crippen LogP contribution in [0.1, 0.15) is 58.4 Å². The van der Waals surface area contributed by atoms with Crippen molar-refractivity contribution in [2.75, 3.05) is 0 Å². The first-order valence-corrected chi connectivity index (χ1v) is 11.3. The van der Waals surface area contributed by atoms with Gasteiger partial charge in [0.2, 0.25) is 0 Å². The summed E-state index contributed by atoms with van der Waals surface area (Å²) < 4.78 is 0. The molecule has 0 saturated heterocycles. The number of nitro benzene ring substituents is 1. The van der Waals surface area contributed by atoms with Gasteiger partial charge >= 0.3 is 0 Å². The molecule has 0 radical (unpaired) electrons. The van der Waals surface area contributed by atoms with Crippen LogP contribution in [0.2, 0.25) is 0 Å². The Bertz CT molecular complexity index is 1290. The number of carbonyl (C=O) groups excluding carboxylic acids is 1. The standard InChI is InChI=1S/C29H26N2O3/c1-3-28(21-8-5-4-6-9-21)30-20(2)23-12-13-25-19-26(11-7-10-24(25)18-23)29(32)22-14-16-27(17-15-22)31(33)34/h4-10,12-19,28,30H,2-3,11H2,1H3. The van der Waals surface area contributed by atoms with Crippen LogP contribution in [0, 0.1) is 10.1 Å². The van der Waals surface area contributed by atoms with Crippen molar-refractivity contribution < 1.29 is 9.72 Å². The van der Waals surface area contributed by atoms with Crippen LogP contribution < -0.4 is 5.32 Å². The van der Waals surface area contributed by atoms with E-state index in [1.165, 1.54) is 29.8 Å². The molecule has 0 heterocycles. The number of nitrogens with one attached hydrogen (secondary N) is 1. The number of Topliss-reactive ketones (excluding diaryl/α,β-unsaturated/α-hetero) is 1. The second-order valence-corrected chi connectivity index (χ2v) is 8.25. The third-order valence-corrected chi connectivity index (χ3v) is 5.99. The number of allylic oxidation sites excluding steroid dienone is 2. The van der Waals surface area contributed by atoms with Crippen LogP contribution in [0.5, 0.6) is 0 Å². The van der Waals surface area contributed by atoms with E-state index in [2.05, 4.69) is 37.0 Å². The van der Waals surface area contributed by atoms with Crippen LogP contribution in [0.3, 0.4) is 0 Å². The third kappa shape index (κ3) is 5.04. The fourth-order valence-corrected chi connectivity index (χ4v) is 4.08. The molecule has 3 aromatic carbocycles. The minimum Gasteiger partial charge on any atom is -0.378 e. The Kier molecular flexibility index (Phi) is 6.83. The molecule has 1 aliphatic carbocycles. The van der Waals surface area contributed by atoms with Crippen molar-refractivity contribution in [3.63, 3.8) is 0 Å². The van der Waals surface area contributed by atoms with Crippen molar-refractivity contribution in [1.29, 1.82) is 0 Å². The van der Waals surface area contributed by atoms with Gasteiger partial charge < -0.3 is 5.32 Å². The Balaban J connectivity index is 1.54. The summed E-state index contributed by atoms with van der Waals surface area (Å²) in [6.07, 6.45) is 7.32. The molecule has 4 rings (SSSR count). The number of hydrogen-bond donors (Lipinski definition) is 1. The highest BCUT2D eigenvalue weighted by Gasteiger charge is 2.16. The predicted molar refractivity (Wildman–Crippen MR) is 137 cm³/mol. The summed E-state index contributed by atoms with van der Waals surface area (Å²) >= 11 is 0. The maximum Gasteiger partial charge on any atom is 0.269 e. The molecule has 3 aromatic rings. The van der Waals surface area contributed by atoms with Crippen LogP contribution in [-0.4, -0.2) is 10.7 Å². The Morgan fingerprint density at radius 1 is 1.03 bits per heavy atom. The summed E-state index contributed by atoms with van der Waals surface area (Å²) in [5.74, 6) is -0.129. The lowest BCUT2D eigenvalue weighted by molar-refractivity contribution is -0.384. The Morgan fingerprint density at radius 3 is 2.41 bits per heavy atom. The molecular weight excluding hydrogens is 424 g/mol. The van der Waals surface area contributed by atoms with Gasteiger partial charge in [0, 0.05) is 29.0 Å². The SMILES string of the molecule is C=C(NC(CC)c1ccccc1)c1ccc2c(c1)C=CCC(C(=O)c1ccc([N+](=O)[O-])cc1)=C2. The number of ketones is 1. The first-order valence-electron chi connectivity index (χ1n) is 11.3. The fraction of sp³-hybridized carbons (Fsp3) is 0.138. The number of benzene rings is 3. The van der Waals surface area contributed by atoms with E-state index in [1.54, 1.807) is 0 Å². The maximum absolute atomic E-state index is 13.0. The number of hydrogen-bond acceptors (Lipinski definition) is 4. The summed E-state index contributed by atoms with van der Waals surface area (Å²) in [5, 5.41) is 14.4.